The second-order valence-corrected chi connectivity index (χ2v) is 7.70. The summed E-state index contributed by atoms with van der Waals surface area (Å²) in [7, 11) is 0. The van der Waals surface area contributed by atoms with E-state index < -0.39 is 17.2 Å². The molecular weight excluding hydrogens is 426 g/mol. The van der Waals surface area contributed by atoms with Gasteiger partial charge in [0.15, 0.2) is 0 Å². The van der Waals surface area contributed by atoms with Crippen LogP contribution in [0.2, 0.25) is 0 Å². The largest absolute Gasteiger partial charge is 0.317 e. The van der Waals surface area contributed by atoms with Crippen molar-refractivity contribution in [3.63, 3.8) is 0 Å². The number of benzene rings is 2. The summed E-state index contributed by atoms with van der Waals surface area (Å²) >= 11 is 3.43. The minimum absolute atomic E-state index is 0.0583. The third-order valence-corrected chi connectivity index (χ3v) is 5.31. The molecule has 0 spiro atoms. The number of aromatic nitrogens is 2. The molecule has 1 aliphatic rings. The maximum atomic E-state index is 12.5. The number of nitrogens with one attached hydrogen (secondary N) is 2. The molecule has 1 unspecified atom stereocenters. The summed E-state index contributed by atoms with van der Waals surface area (Å²) in [5.74, 6) is -0.332. The first-order chi connectivity index (χ1) is 13.5. The summed E-state index contributed by atoms with van der Waals surface area (Å²) in [4.78, 5) is 44.9. The topological polar surface area (TPSA) is 93.2 Å². The fourth-order valence-corrected chi connectivity index (χ4v) is 4.14. The number of halogens is 1. The number of carbonyl (C=O) groups is 1. The molecule has 1 aliphatic heterocycles. The summed E-state index contributed by atoms with van der Waals surface area (Å²) < 4.78 is 2.29. The normalized spacial score (nSPS) is 15.5. The average Bonchev–Trinajstić information content (AvgIpc) is 2.67. The van der Waals surface area contributed by atoms with E-state index in [0.29, 0.717) is 23.9 Å². The van der Waals surface area contributed by atoms with Crippen molar-refractivity contribution in [2.24, 2.45) is 0 Å². The van der Waals surface area contributed by atoms with Crippen LogP contribution in [0.5, 0.6) is 0 Å². The van der Waals surface area contributed by atoms with Crippen LogP contribution in [0.25, 0.3) is 11.0 Å². The van der Waals surface area contributed by atoms with Crippen molar-refractivity contribution in [3.05, 3.63) is 78.8 Å². The number of H-pyrrole nitrogens is 1. The number of hydrogen-bond donors (Lipinski definition) is 2. The molecule has 3 aromatic rings. The lowest BCUT2D eigenvalue weighted by molar-refractivity contribution is -0.135. The molecule has 4 rings (SSSR count). The van der Waals surface area contributed by atoms with Crippen molar-refractivity contribution in [1.29, 1.82) is 0 Å². The Hall–Kier alpha value is -2.71. The van der Waals surface area contributed by atoms with E-state index >= 15 is 0 Å². The molecule has 2 aromatic carbocycles. The van der Waals surface area contributed by atoms with Gasteiger partial charge in [-0.05, 0) is 36.1 Å². The van der Waals surface area contributed by atoms with Crippen molar-refractivity contribution in [1.82, 2.24) is 15.0 Å². The molecule has 28 heavy (non-hydrogen) atoms. The van der Waals surface area contributed by atoms with Gasteiger partial charge in [-0.25, -0.2) is 5.48 Å². The van der Waals surface area contributed by atoms with E-state index in [4.69, 9.17) is 4.84 Å². The number of nitrogens with zero attached hydrogens (tertiary/aromatic N) is 1. The van der Waals surface area contributed by atoms with E-state index in [1.54, 1.807) is 6.07 Å². The highest BCUT2D eigenvalue weighted by Crippen LogP contribution is 2.32. The standard InChI is InChI=1S/C20H18BrN3O4/c21-14-8-13-6-7-15(24-18(13)16(9-14)22-19(26)20(24)27)10-17(25)23-28-11-12-4-2-1-3-5-12/h1-5,8-9,15H,6-7,10-11H2,(H,22,26)(H,23,25). The fourth-order valence-electron chi connectivity index (χ4n) is 3.64. The molecular formula is C20H18BrN3O4. The monoisotopic (exact) mass is 443 g/mol. The molecule has 2 N–H and O–H groups in total. The van der Waals surface area contributed by atoms with E-state index in [1.165, 1.54) is 4.57 Å². The third kappa shape index (κ3) is 3.65. The average molecular weight is 444 g/mol. The zero-order valence-electron chi connectivity index (χ0n) is 14.9. The zero-order chi connectivity index (χ0) is 19.7. The molecule has 2 heterocycles. The number of aromatic amines is 1. The molecule has 0 aliphatic carbocycles. The highest BCUT2D eigenvalue weighted by Gasteiger charge is 2.26. The molecule has 7 nitrogen and oxygen atoms in total. The van der Waals surface area contributed by atoms with E-state index in [0.717, 1.165) is 15.6 Å². The van der Waals surface area contributed by atoms with E-state index in [1.807, 2.05) is 36.4 Å². The second-order valence-electron chi connectivity index (χ2n) is 6.79. The van der Waals surface area contributed by atoms with Gasteiger partial charge < -0.3 is 4.98 Å². The summed E-state index contributed by atoms with van der Waals surface area (Å²) in [6.07, 6.45) is 1.36. The fraction of sp³-hybridized carbons (Fsp3) is 0.250. The first-order valence-corrected chi connectivity index (χ1v) is 9.74. The third-order valence-electron chi connectivity index (χ3n) is 4.86. The maximum Gasteiger partial charge on any atom is 0.317 e. The Bertz CT molecular complexity index is 1150. The van der Waals surface area contributed by atoms with Crippen LogP contribution in [-0.2, 0) is 22.7 Å². The maximum absolute atomic E-state index is 12.5. The predicted molar refractivity (Wildman–Crippen MR) is 108 cm³/mol. The van der Waals surface area contributed by atoms with Crippen LogP contribution in [0.3, 0.4) is 0 Å². The number of hydroxylamine groups is 1. The Labute approximate surface area is 168 Å². The predicted octanol–water partition coefficient (Wildman–Crippen LogP) is 2.58. The number of hydrogen-bond acceptors (Lipinski definition) is 4. The SMILES string of the molecule is O=C(CC1CCc2cc(Br)cc3[nH]c(=O)c(=O)n1c23)NOCc1ccccc1. The lowest BCUT2D eigenvalue weighted by Gasteiger charge is -2.27. The van der Waals surface area contributed by atoms with Crippen LogP contribution < -0.4 is 16.6 Å². The van der Waals surface area contributed by atoms with E-state index in [-0.39, 0.29) is 18.9 Å². The summed E-state index contributed by atoms with van der Waals surface area (Å²) in [5, 5.41) is 0. The Morgan fingerprint density at radius 3 is 2.82 bits per heavy atom. The number of carbonyl (C=O) groups excluding carboxylic acids is 1. The lowest BCUT2D eigenvalue weighted by atomic mass is 9.96. The van der Waals surface area contributed by atoms with E-state index in [9.17, 15) is 14.4 Å². The van der Waals surface area contributed by atoms with Gasteiger partial charge in [-0.1, -0.05) is 46.3 Å². The quantitative estimate of drug-likeness (QED) is 0.468. The van der Waals surface area contributed by atoms with Gasteiger partial charge in [0.05, 0.1) is 17.6 Å². The summed E-state index contributed by atoms with van der Waals surface area (Å²) in [6, 6.07) is 12.8. The molecule has 1 amide bonds. The van der Waals surface area contributed by atoms with Gasteiger partial charge in [-0.15, -0.1) is 0 Å². The van der Waals surface area contributed by atoms with Crippen LogP contribution in [0.4, 0.5) is 0 Å². The Kier molecular flexibility index (Phi) is 5.15. The molecule has 0 saturated carbocycles. The lowest BCUT2D eigenvalue weighted by Crippen LogP contribution is -2.41. The van der Waals surface area contributed by atoms with Gasteiger partial charge in [0.2, 0.25) is 5.91 Å². The molecule has 0 bridgehead atoms. The Morgan fingerprint density at radius 2 is 2.04 bits per heavy atom. The molecule has 0 radical (unpaired) electrons. The molecule has 1 atom stereocenters. The van der Waals surface area contributed by atoms with Gasteiger partial charge >= 0.3 is 11.1 Å². The smallest absolute Gasteiger partial charge is 0.316 e. The molecule has 0 fully saturated rings. The van der Waals surface area contributed by atoms with Gasteiger partial charge in [0.25, 0.3) is 0 Å². The van der Waals surface area contributed by atoms with Gasteiger partial charge in [0.1, 0.15) is 0 Å². The number of rotatable bonds is 5. The zero-order valence-corrected chi connectivity index (χ0v) is 16.5. The first-order valence-electron chi connectivity index (χ1n) is 8.94. The van der Waals surface area contributed by atoms with Crippen molar-refractivity contribution in [3.8, 4) is 0 Å². The van der Waals surface area contributed by atoms with Crippen molar-refractivity contribution in [2.75, 3.05) is 0 Å². The summed E-state index contributed by atoms with van der Waals surface area (Å²) in [5.41, 5.74) is 4.27. The minimum atomic E-state index is -0.691. The first kappa shape index (κ1) is 18.6. The van der Waals surface area contributed by atoms with Crippen LogP contribution >= 0.6 is 15.9 Å². The second kappa shape index (κ2) is 7.73. The molecule has 8 heteroatoms. The van der Waals surface area contributed by atoms with E-state index in [2.05, 4.69) is 26.4 Å². The number of aryl methyl sites for hydroxylation is 1. The van der Waals surface area contributed by atoms with Crippen molar-refractivity contribution in [2.45, 2.75) is 31.9 Å². The van der Waals surface area contributed by atoms with Crippen LogP contribution in [0.1, 0.15) is 30.0 Å². The van der Waals surface area contributed by atoms with Crippen LogP contribution in [0.15, 0.2) is 56.5 Å². The van der Waals surface area contributed by atoms with Crippen molar-refractivity contribution >= 4 is 32.9 Å². The Morgan fingerprint density at radius 1 is 1.25 bits per heavy atom. The summed E-state index contributed by atoms with van der Waals surface area (Å²) in [6.45, 7) is 0.253. The van der Waals surface area contributed by atoms with Crippen LogP contribution in [0, 0.1) is 0 Å². The minimum Gasteiger partial charge on any atom is -0.316 e. The van der Waals surface area contributed by atoms with Crippen molar-refractivity contribution < 1.29 is 9.63 Å². The number of amides is 1. The molecule has 144 valence electrons. The van der Waals surface area contributed by atoms with Crippen LogP contribution in [-0.4, -0.2) is 15.5 Å². The van der Waals surface area contributed by atoms with Gasteiger partial charge in [-0.3, -0.25) is 23.8 Å². The Balaban J connectivity index is 1.54. The highest BCUT2D eigenvalue weighted by molar-refractivity contribution is 9.10. The molecule has 0 saturated heterocycles. The van der Waals surface area contributed by atoms with Gasteiger partial charge in [-0.2, -0.15) is 0 Å². The highest BCUT2D eigenvalue weighted by atomic mass is 79.9. The molecule has 1 aromatic heterocycles. The van der Waals surface area contributed by atoms with Gasteiger partial charge in [0, 0.05) is 16.9 Å².